The summed E-state index contributed by atoms with van der Waals surface area (Å²) in [7, 11) is 0. The molecule has 0 saturated carbocycles. The van der Waals surface area contributed by atoms with E-state index in [1.54, 1.807) is 13.0 Å². The molecule has 1 aliphatic heterocycles. The van der Waals surface area contributed by atoms with Gasteiger partial charge in [0.15, 0.2) is 0 Å². The Bertz CT molecular complexity index is 665. The lowest BCUT2D eigenvalue weighted by atomic mass is 9.92. The third-order valence-electron chi connectivity index (χ3n) is 4.09. The summed E-state index contributed by atoms with van der Waals surface area (Å²) in [5.74, 6) is -0.349. The minimum atomic E-state index is -4.43. The molecule has 1 fully saturated rings. The molecule has 4 nitrogen and oxygen atoms in total. The third kappa shape index (κ3) is 3.70. The quantitative estimate of drug-likeness (QED) is 0.827. The molecule has 2 rings (SSSR count). The van der Waals surface area contributed by atoms with Crippen LogP contribution in [-0.2, 0) is 15.7 Å². The van der Waals surface area contributed by atoms with Crippen LogP contribution in [0.15, 0.2) is 24.3 Å². The van der Waals surface area contributed by atoms with E-state index in [2.05, 4.69) is 0 Å². The van der Waals surface area contributed by atoms with E-state index in [9.17, 15) is 18.0 Å². The van der Waals surface area contributed by atoms with Crippen LogP contribution < -0.4 is 0 Å². The van der Waals surface area contributed by atoms with Crippen LogP contribution >= 0.6 is 0 Å². The molecular weight excluding hydrogens is 321 g/mol. The molecule has 0 spiro atoms. The van der Waals surface area contributed by atoms with E-state index in [1.807, 2.05) is 6.07 Å². The average molecular weight is 340 g/mol. The van der Waals surface area contributed by atoms with Crippen LogP contribution in [0, 0.1) is 16.7 Å². The van der Waals surface area contributed by atoms with Gasteiger partial charge in [-0.2, -0.15) is 18.4 Å². The van der Waals surface area contributed by atoms with Crippen LogP contribution in [0.4, 0.5) is 13.2 Å². The number of rotatable bonds is 2. The topological polar surface area (TPSA) is 53.3 Å². The summed E-state index contributed by atoms with van der Waals surface area (Å²) in [6.07, 6.45) is -5.09. The molecule has 24 heavy (non-hydrogen) atoms. The Balaban J connectivity index is 2.25. The highest BCUT2D eigenvalue weighted by molar-refractivity contribution is 5.85. The molecule has 0 radical (unpaired) electrons. The first kappa shape index (κ1) is 18.3. The number of carbonyl (C=O) groups is 1. The third-order valence-corrected chi connectivity index (χ3v) is 4.09. The minimum absolute atomic E-state index is 0.117. The molecule has 0 aliphatic carbocycles. The number of nitriles is 1. The van der Waals surface area contributed by atoms with Crippen molar-refractivity contribution in [2.45, 2.75) is 39.1 Å². The molecule has 130 valence electrons. The maximum absolute atomic E-state index is 12.9. The van der Waals surface area contributed by atoms with E-state index in [0.717, 1.165) is 12.1 Å². The Kier molecular flexibility index (Phi) is 4.90. The molecule has 1 amide bonds. The van der Waals surface area contributed by atoms with Crippen LogP contribution in [0.3, 0.4) is 0 Å². The van der Waals surface area contributed by atoms with E-state index >= 15 is 0 Å². The lowest BCUT2D eigenvalue weighted by Gasteiger charge is -2.40. The van der Waals surface area contributed by atoms with E-state index in [1.165, 1.54) is 24.8 Å². The van der Waals surface area contributed by atoms with Crippen molar-refractivity contribution in [1.29, 1.82) is 5.26 Å². The number of hydrogen-bond donors (Lipinski definition) is 0. The van der Waals surface area contributed by atoms with Gasteiger partial charge in [0.25, 0.3) is 0 Å². The van der Waals surface area contributed by atoms with Gasteiger partial charge in [-0.05, 0) is 38.5 Å². The maximum atomic E-state index is 12.9. The SMILES string of the molecule is C[C@H]1CO[C@@H](c2cccc(C(F)(F)F)c2)CN1C(=O)C(C)(C)C#N. The second-order valence-electron chi connectivity index (χ2n) is 6.49. The zero-order valence-electron chi connectivity index (χ0n) is 13.7. The highest BCUT2D eigenvalue weighted by Gasteiger charge is 2.39. The van der Waals surface area contributed by atoms with Crippen molar-refractivity contribution in [3.63, 3.8) is 0 Å². The molecular formula is C17H19F3N2O2. The van der Waals surface area contributed by atoms with Gasteiger partial charge in [-0.3, -0.25) is 4.79 Å². The monoisotopic (exact) mass is 340 g/mol. The number of alkyl halides is 3. The molecule has 0 bridgehead atoms. The van der Waals surface area contributed by atoms with Gasteiger partial charge < -0.3 is 9.64 Å². The summed E-state index contributed by atoms with van der Waals surface area (Å²) in [5, 5.41) is 9.14. The Morgan fingerprint density at radius 3 is 2.62 bits per heavy atom. The number of benzene rings is 1. The normalized spacial score (nSPS) is 22.1. The van der Waals surface area contributed by atoms with Gasteiger partial charge in [-0.25, -0.2) is 0 Å². The molecule has 7 heteroatoms. The summed E-state index contributed by atoms with van der Waals surface area (Å²) >= 11 is 0. The lowest BCUT2D eigenvalue weighted by Crippen LogP contribution is -2.52. The van der Waals surface area contributed by atoms with Gasteiger partial charge in [0.1, 0.15) is 11.5 Å². The number of halogens is 3. The predicted molar refractivity (Wildman–Crippen MR) is 80.7 cm³/mol. The number of amides is 1. The van der Waals surface area contributed by atoms with Crippen LogP contribution in [0.5, 0.6) is 0 Å². The van der Waals surface area contributed by atoms with Crippen molar-refractivity contribution in [2.75, 3.05) is 13.2 Å². The number of morpholine rings is 1. The number of carbonyl (C=O) groups excluding carboxylic acids is 1. The average Bonchev–Trinajstić information content (AvgIpc) is 2.54. The fraction of sp³-hybridized carbons (Fsp3) is 0.529. The van der Waals surface area contributed by atoms with E-state index < -0.39 is 23.3 Å². The van der Waals surface area contributed by atoms with Gasteiger partial charge in [0, 0.05) is 0 Å². The molecule has 1 heterocycles. The molecule has 1 aliphatic rings. The Morgan fingerprint density at radius 2 is 2.04 bits per heavy atom. The number of ether oxygens (including phenoxy) is 1. The van der Waals surface area contributed by atoms with Gasteiger partial charge in [-0.1, -0.05) is 12.1 Å². The maximum Gasteiger partial charge on any atom is 0.416 e. The molecule has 0 aromatic heterocycles. The van der Waals surface area contributed by atoms with E-state index in [4.69, 9.17) is 10.00 Å². The molecule has 1 aromatic rings. The lowest BCUT2D eigenvalue weighted by molar-refractivity contribution is -0.151. The summed E-state index contributed by atoms with van der Waals surface area (Å²) in [5.41, 5.74) is -1.58. The largest absolute Gasteiger partial charge is 0.416 e. The summed E-state index contributed by atoms with van der Waals surface area (Å²) in [4.78, 5) is 14.0. The highest BCUT2D eigenvalue weighted by Crippen LogP contribution is 2.33. The van der Waals surface area contributed by atoms with E-state index in [-0.39, 0.29) is 25.1 Å². The zero-order valence-corrected chi connectivity index (χ0v) is 13.7. The van der Waals surface area contributed by atoms with Crippen molar-refractivity contribution < 1.29 is 22.7 Å². The van der Waals surface area contributed by atoms with Crippen molar-refractivity contribution in [3.05, 3.63) is 35.4 Å². The van der Waals surface area contributed by atoms with Crippen LogP contribution in [0.25, 0.3) is 0 Å². The second kappa shape index (κ2) is 6.44. The summed E-state index contributed by atoms with van der Waals surface area (Å²) < 4.78 is 44.2. The minimum Gasteiger partial charge on any atom is -0.370 e. The first-order chi connectivity index (χ1) is 11.1. The van der Waals surface area contributed by atoms with Crippen LogP contribution in [-0.4, -0.2) is 30.0 Å². The Labute approximate surface area is 138 Å². The van der Waals surface area contributed by atoms with Crippen LogP contribution in [0.1, 0.15) is 38.0 Å². The molecule has 0 N–H and O–H groups in total. The standard InChI is InChI=1S/C17H19F3N2O2/c1-11-9-24-14(8-22(11)15(23)16(2,3)10-21)12-5-4-6-13(7-12)17(18,19)20/h4-7,11,14H,8-9H2,1-3H3/t11-,14+/m0/s1. The van der Waals surface area contributed by atoms with Gasteiger partial charge >= 0.3 is 6.18 Å². The van der Waals surface area contributed by atoms with Gasteiger partial charge in [0.05, 0.1) is 30.8 Å². The molecule has 2 atom stereocenters. The van der Waals surface area contributed by atoms with Gasteiger partial charge in [0.2, 0.25) is 5.91 Å². The fourth-order valence-corrected chi connectivity index (χ4v) is 2.56. The zero-order chi connectivity index (χ0) is 18.1. The number of hydrogen-bond acceptors (Lipinski definition) is 3. The van der Waals surface area contributed by atoms with Crippen LogP contribution in [0.2, 0.25) is 0 Å². The molecule has 0 unspecified atom stereocenters. The summed E-state index contributed by atoms with van der Waals surface area (Å²) in [6.45, 7) is 5.15. The molecule has 1 aromatic carbocycles. The number of nitrogens with zero attached hydrogens (tertiary/aromatic N) is 2. The van der Waals surface area contributed by atoms with Crippen molar-refractivity contribution >= 4 is 5.91 Å². The first-order valence-electron chi connectivity index (χ1n) is 7.57. The second-order valence-corrected chi connectivity index (χ2v) is 6.49. The Hall–Kier alpha value is -2.07. The summed E-state index contributed by atoms with van der Waals surface area (Å²) in [6, 6.07) is 6.63. The van der Waals surface area contributed by atoms with E-state index in [0.29, 0.717) is 5.56 Å². The fourth-order valence-electron chi connectivity index (χ4n) is 2.56. The Morgan fingerprint density at radius 1 is 1.38 bits per heavy atom. The van der Waals surface area contributed by atoms with Crippen molar-refractivity contribution in [3.8, 4) is 6.07 Å². The van der Waals surface area contributed by atoms with Crippen molar-refractivity contribution in [1.82, 2.24) is 4.90 Å². The predicted octanol–water partition coefficient (Wildman–Crippen LogP) is 3.54. The smallest absolute Gasteiger partial charge is 0.370 e. The highest BCUT2D eigenvalue weighted by atomic mass is 19.4. The van der Waals surface area contributed by atoms with Gasteiger partial charge in [-0.15, -0.1) is 0 Å². The molecule has 1 saturated heterocycles. The first-order valence-corrected chi connectivity index (χ1v) is 7.57. The van der Waals surface area contributed by atoms with Crippen molar-refractivity contribution in [2.24, 2.45) is 5.41 Å².